The zero-order valence-electron chi connectivity index (χ0n) is 13.9. The number of carbonyl (C=O) groups is 1. The Bertz CT molecular complexity index is 768. The van der Waals surface area contributed by atoms with Crippen molar-refractivity contribution in [3.05, 3.63) is 89.0 Å². The van der Waals surface area contributed by atoms with Crippen LogP contribution in [0.25, 0.3) is 5.57 Å². The van der Waals surface area contributed by atoms with Gasteiger partial charge in [0.1, 0.15) is 6.29 Å². The Hall–Kier alpha value is -2.41. The Kier molecular flexibility index (Phi) is 4.04. The molecule has 23 heavy (non-hydrogen) atoms. The summed E-state index contributed by atoms with van der Waals surface area (Å²) in [5.74, 6) is -0.149. The van der Waals surface area contributed by atoms with Crippen LogP contribution in [0.2, 0.25) is 0 Å². The van der Waals surface area contributed by atoms with Crippen LogP contribution in [-0.4, -0.2) is 6.29 Å². The molecule has 0 aliphatic heterocycles. The first kappa shape index (κ1) is 15.5. The van der Waals surface area contributed by atoms with Gasteiger partial charge in [0.05, 0.1) is 0 Å². The van der Waals surface area contributed by atoms with E-state index in [1.807, 2.05) is 24.3 Å². The van der Waals surface area contributed by atoms with Crippen LogP contribution in [0.3, 0.4) is 0 Å². The lowest BCUT2D eigenvalue weighted by Crippen LogP contribution is -2.38. The molecule has 116 valence electrons. The summed E-state index contributed by atoms with van der Waals surface area (Å²) in [6, 6.07) is 20.8. The fraction of sp³-hybridized carbons (Fsp3) is 0.227. The lowest BCUT2D eigenvalue weighted by Gasteiger charge is -2.42. The van der Waals surface area contributed by atoms with Gasteiger partial charge in [-0.3, -0.25) is 0 Å². The monoisotopic (exact) mass is 302 g/mol. The molecular formula is C22H22O. The van der Waals surface area contributed by atoms with Crippen molar-refractivity contribution < 1.29 is 4.79 Å². The molecule has 1 aliphatic carbocycles. The molecular weight excluding hydrogens is 280 g/mol. The molecule has 2 atom stereocenters. The molecule has 2 aromatic rings. The zero-order chi connectivity index (χ0) is 16.4. The molecule has 0 amide bonds. The molecule has 2 aromatic carbocycles. The Morgan fingerprint density at radius 1 is 0.913 bits per heavy atom. The van der Waals surface area contributed by atoms with E-state index in [1.165, 1.54) is 22.3 Å². The van der Waals surface area contributed by atoms with Crippen LogP contribution in [-0.2, 0) is 10.2 Å². The molecule has 1 aliphatic rings. The third-order valence-electron chi connectivity index (χ3n) is 5.04. The van der Waals surface area contributed by atoms with Crippen LogP contribution in [0.4, 0.5) is 0 Å². The Morgan fingerprint density at radius 2 is 1.48 bits per heavy atom. The highest BCUT2D eigenvalue weighted by atomic mass is 16.1. The maximum Gasteiger partial charge on any atom is 0.128 e. The second-order valence-electron chi connectivity index (χ2n) is 6.49. The smallest absolute Gasteiger partial charge is 0.128 e. The first-order valence-corrected chi connectivity index (χ1v) is 8.05. The molecule has 0 radical (unpaired) electrons. The molecule has 0 aromatic heterocycles. The SMILES string of the molecule is CC1=CC(C)=C(c2ccccc2)C(C)(c2ccccc2)C1C=O. The van der Waals surface area contributed by atoms with Crippen molar-refractivity contribution in [2.75, 3.05) is 0 Å². The van der Waals surface area contributed by atoms with Gasteiger partial charge in [0.15, 0.2) is 0 Å². The molecule has 3 rings (SSSR count). The van der Waals surface area contributed by atoms with Crippen LogP contribution in [0.1, 0.15) is 31.9 Å². The second-order valence-corrected chi connectivity index (χ2v) is 6.49. The topological polar surface area (TPSA) is 17.1 Å². The highest BCUT2D eigenvalue weighted by Crippen LogP contribution is 2.50. The number of aldehydes is 1. The maximum absolute atomic E-state index is 12.0. The maximum atomic E-state index is 12.0. The van der Waals surface area contributed by atoms with Gasteiger partial charge in [-0.25, -0.2) is 0 Å². The fourth-order valence-corrected chi connectivity index (χ4v) is 4.01. The zero-order valence-corrected chi connectivity index (χ0v) is 13.9. The number of benzene rings is 2. The van der Waals surface area contributed by atoms with Crippen LogP contribution >= 0.6 is 0 Å². The molecule has 0 fully saturated rings. The Morgan fingerprint density at radius 3 is 2.04 bits per heavy atom. The summed E-state index contributed by atoms with van der Waals surface area (Å²) in [4.78, 5) is 12.0. The average Bonchev–Trinajstić information content (AvgIpc) is 2.56. The largest absolute Gasteiger partial charge is 0.303 e. The standard InChI is InChI=1S/C22H22O/c1-16-14-17(2)21(18-10-6-4-7-11-18)22(3,20(16)15-23)19-12-8-5-9-13-19/h4-15,20H,1-3H3. The highest BCUT2D eigenvalue weighted by molar-refractivity contribution is 5.86. The summed E-state index contributed by atoms with van der Waals surface area (Å²) < 4.78 is 0. The van der Waals surface area contributed by atoms with Crippen LogP contribution in [0, 0.1) is 5.92 Å². The Balaban J connectivity index is 2.32. The van der Waals surface area contributed by atoms with E-state index in [4.69, 9.17) is 0 Å². The van der Waals surface area contributed by atoms with Gasteiger partial charge in [-0.15, -0.1) is 0 Å². The molecule has 0 bridgehead atoms. The van der Waals surface area contributed by atoms with Gasteiger partial charge in [-0.1, -0.05) is 79.2 Å². The first-order chi connectivity index (χ1) is 11.1. The van der Waals surface area contributed by atoms with Crippen molar-refractivity contribution in [1.82, 2.24) is 0 Å². The van der Waals surface area contributed by atoms with Gasteiger partial charge < -0.3 is 4.79 Å². The first-order valence-electron chi connectivity index (χ1n) is 8.05. The third-order valence-corrected chi connectivity index (χ3v) is 5.04. The number of rotatable bonds is 3. The highest BCUT2D eigenvalue weighted by Gasteiger charge is 2.43. The van der Waals surface area contributed by atoms with Crippen LogP contribution in [0.5, 0.6) is 0 Å². The van der Waals surface area contributed by atoms with E-state index in [0.717, 1.165) is 11.9 Å². The van der Waals surface area contributed by atoms with Gasteiger partial charge in [-0.2, -0.15) is 0 Å². The fourth-order valence-electron chi connectivity index (χ4n) is 4.01. The van der Waals surface area contributed by atoms with Crippen molar-refractivity contribution in [3.8, 4) is 0 Å². The molecule has 1 nitrogen and oxygen atoms in total. The summed E-state index contributed by atoms with van der Waals surface area (Å²) in [6.07, 6.45) is 3.26. The minimum absolute atomic E-state index is 0.149. The van der Waals surface area contributed by atoms with Crippen molar-refractivity contribution in [3.63, 3.8) is 0 Å². The summed E-state index contributed by atoms with van der Waals surface area (Å²) in [5, 5.41) is 0. The number of carbonyl (C=O) groups excluding carboxylic acids is 1. The van der Waals surface area contributed by atoms with E-state index in [-0.39, 0.29) is 11.3 Å². The Labute approximate surface area is 138 Å². The van der Waals surface area contributed by atoms with E-state index in [1.54, 1.807) is 0 Å². The molecule has 0 saturated carbocycles. The second kappa shape index (κ2) is 6.00. The number of hydrogen-bond donors (Lipinski definition) is 0. The van der Waals surface area contributed by atoms with E-state index < -0.39 is 0 Å². The molecule has 0 spiro atoms. The van der Waals surface area contributed by atoms with Gasteiger partial charge in [0, 0.05) is 11.3 Å². The van der Waals surface area contributed by atoms with E-state index in [2.05, 4.69) is 63.2 Å². The van der Waals surface area contributed by atoms with E-state index >= 15 is 0 Å². The molecule has 0 heterocycles. The van der Waals surface area contributed by atoms with E-state index in [0.29, 0.717) is 0 Å². The minimum atomic E-state index is -0.354. The van der Waals surface area contributed by atoms with Crippen molar-refractivity contribution in [2.45, 2.75) is 26.2 Å². The molecule has 2 unspecified atom stereocenters. The average molecular weight is 302 g/mol. The quantitative estimate of drug-likeness (QED) is 0.713. The third kappa shape index (κ3) is 2.46. The summed E-state index contributed by atoms with van der Waals surface area (Å²) in [5.41, 5.74) is 5.62. The van der Waals surface area contributed by atoms with Crippen LogP contribution < -0.4 is 0 Å². The molecule has 0 saturated heterocycles. The lowest BCUT2D eigenvalue weighted by molar-refractivity contribution is -0.111. The molecule has 0 N–H and O–H groups in total. The van der Waals surface area contributed by atoms with Crippen LogP contribution in [0.15, 0.2) is 77.9 Å². The van der Waals surface area contributed by atoms with Gasteiger partial charge in [0.2, 0.25) is 0 Å². The van der Waals surface area contributed by atoms with Gasteiger partial charge >= 0.3 is 0 Å². The summed E-state index contributed by atoms with van der Waals surface area (Å²) in [6.45, 7) is 6.41. The lowest BCUT2D eigenvalue weighted by atomic mass is 9.60. The normalized spacial score (nSPS) is 24.3. The minimum Gasteiger partial charge on any atom is -0.303 e. The summed E-state index contributed by atoms with van der Waals surface area (Å²) >= 11 is 0. The predicted octanol–water partition coefficient (Wildman–Crippen LogP) is 5.19. The van der Waals surface area contributed by atoms with Gasteiger partial charge in [-0.05, 0) is 36.1 Å². The summed E-state index contributed by atoms with van der Waals surface area (Å²) in [7, 11) is 0. The van der Waals surface area contributed by atoms with Crippen molar-refractivity contribution in [1.29, 1.82) is 0 Å². The number of hydrogen-bond acceptors (Lipinski definition) is 1. The number of allylic oxidation sites excluding steroid dienone is 4. The van der Waals surface area contributed by atoms with Crippen molar-refractivity contribution >= 4 is 11.9 Å². The van der Waals surface area contributed by atoms with Crippen molar-refractivity contribution in [2.24, 2.45) is 5.92 Å². The van der Waals surface area contributed by atoms with Gasteiger partial charge in [0.25, 0.3) is 0 Å². The van der Waals surface area contributed by atoms with E-state index in [9.17, 15) is 4.79 Å². The molecule has 1 heteroatoms. The predicted molar refractivity (Wildman–Crippen MR) is 96.1 cm³/mol.